The maximum absolute atomic E-state index is 12.5. The third-order valence-corrected chi connectivity index (χ3v) is 3.85. The molecule has 1 N–H and O–H groups in total. The Bertz CT molecular complexity index is 603. The molecule has 102 valence electrons. The first kappa shape index (κ1) is 14.3. The highest BCUT2D eigenvalue weighted by Gasteiger charge is 2.19. The number of benzene rings is 1. The van der Waals surface area contributed by atoms with Gasteiger partial charge in [0.1, 0.15) is 0 Å². The number of carbonyl (C=O) groups excluding carboxylic acids is 1. The standard InChI is InChI=1S/C15H19BrN2O/c1-4-17-10(3)15(19)13-9-18(5-2)14-8-11(16)6-7-12(13)14/h6-10,17H,4-5H2,1-3H3. The minimum absolute atomic E-state index is 0.149. The van der Waals surface area contributed by atoms with Crippen molar-refractivity contribution in [2.75, 3.05) is 6.54 Å². The molecule has 0 bridgehead atoms. The van der Waals surface area contributed by atoms with Gasteiger partial charge < -0.3 is 9.88 Å². The summed E-state index contributed by atoms with van der Waals surface area (Å²) in [6, 6.07) is 5.91. The normalized spacial score (nSPS) is 12.8. The topological polar surface area (TPSA) is 34.0 Å². The molecule has 4 heteroatoms. The molecule has 0 saturated heterocycles. The molecular weight excluding hydrogens is 304 g/mol. The summed E-state index contributed by atoms with van der Waals surface area (Å²) in [6.07, 6.45) is 1.97. The lowest BCUT2D eigenvalue weighted by molar-refractivity contribution is 0.0953. The fraction of sp³-hybridized carbons (Fsp3) is 0.400. The van der Waals surface area contributed by atoms with E-state index in [9.17, 15) is 4.79 Å². The Morgan fingerprint density at radius 2 is 2.16 bits per heavy atom. The molecule has 1 unspecified atom stereocenters. The van der Waals surface area contributed by atoms with Crippen LogP contribution in [-0.2, 0) is 6.54 Å². The van der Waals surface area contributed by atoms with E-state index in [1.165, 1.54) is 0 Å². The van der Waals surface area contributed by atoms with E-state index in [0.29, 0.717) is 0 Å². The lowest BCUT2D eigenvalue weighted by atomic mass is 10.0. The number of carbonyl (C=O) groups is 1. The van der Waals surface area contributed by atoms with Crippen molar-refractivity contribution in [2.24, 2.45) is 0 Å². The van der Waals surface area contributed by atoms with E-state index in [0.717, 1.165) is 34.0 Å². The first-order chi connectivity index (χ1) is 9.08. The quantitative estimate of drug-likeness (QED) is 0.853. The van der Waals surface area contributed by atoms with Crippen molar-refractivity contribution in [1.82, 2.24) is 9.88 Å². The summed E-state index contributed by atoms with van der Waals surface area (Å²) >= 11 is 3.49. The van der Waals surface area contributed by atoms with Crippen LogP contribution in [0.4, 0.5) is 0 Å². The molecular formula is C15H19BrN2O. The Kier molecular flexibility index (Phi) is 4.42. The molecule has 0 saturated carbocycles. The highest BCUT2D eigenvalue weighted by atomic mass is 79.9. The van der Waals surface area contributed by atoms with Crippen LogP contribution in [0.15, 0.2) is 28.9 Å². The first-order valence-electron chi connectivity index (χ1n) is 6.64. The number of Topliss-reactive ketones (excluding diaryl/α,β-unsaturated/α-hetero) is 1. The molecule has 2 rings (SSSR count). The van der Waals surface area contributed by atoms with Gasteiger partial charge in [0.2, 0.25) is 0 Å². The number of hydrogen-bond acceptors (Lipinski definition) is 2. The van der Waals surface area contributed by atoms with Crippen LogP contribution >= 0.6 is 15.9 Å². The molecule has 1 aromatic carbocycles. The predicted molar refractivity (Wildman–Crippen MR) is 82.8 cm³/mol. The van der Waals surface area contributed by atoms with Gasteiger partial charge in [-0.1, -0.05) is 28.9 Å². The predicted octanol–water partition coefficient (Wildman–Crippen LogP) is 3.60. The van der Waals surface area contributed by atoms with Crippen molar-refractivity contribution in [3.05, 3.63) is 34.4 Å². The zero-order valence-corrected chi connectivity index (χ0v) is 13.1. The van der Waals surface area contributed by atoms with Gasteiger partial charge in [-0.2, -0.15) is 0 Å². The highest BCUT2D eigenvalue weighted by molar-refractivity contribution is 9.10. The van der Waals surface area contributed by atoms with Crippen molar-refractivity contribution in [2.45, 2.75) is 33.4 Å². The molecule has 19 heavy (non-hydrogen) atoms. The number of hydrogen-bond donors (Lipinski definition) is 1. The molecule has 2 aromatic rings. The molecule has 0 fully saturated rings. The number of nitrogens with one attached hydrogen (secondary N) is 1. The van der Waals surface area contributed by atoms with E-state index >= 15 is 0 Å². The summed E-state index contributed by atoms with van der Waals surface area (Å²) in [7, 11) is 0. The second-order valence-corrected chi connectivity index (χ2v) is 5.55. The Balaban J connectivity index is 2.52. The van der Waals surface area contributed by atoms with Gasteiger partial charge in [-0.3, -0.25) is 4.79 Å². The van der Waals surface area contributed by atoms with Crippen LogP contribution in [0.1, 0.15) is 31.1 Å². The van der Waals surface area contributed by atoms with E-state index in [1.807, 2.05) is 32.2 Å². The molecule has 1 heterocycles. The van der Waals surface area contributed by atoms with Crippen LogP contribution in [0, 0.1) is 0 Å². The van der Waals surface area contributed by atoms with E-state index < -0.39 is 0 Å². The van der Waals surface area contributed by atoms with E-state index in [1.54, 1.807) is 0 Å². The van der Waals surface area contributed by atoms with Gasteiger partial charge in [0, 0.05) is 33.7 Å². The Labute approximate surface area is 122 Å². The van der Waals surface area contributed by atoms with Gasteiger partial charge in [-0.25, -0.2) is 0 Å². The smallest absolute Gasteiger partial charge is 0.181 e. The zero-order chi connectivity index (χ0) is 14.0. The van der Waals surface area contributed by atoms with Gasteiger partial charge in [0.25, 0.3) is 0 Å². The van der Waals surface area contributed by atoms with Gasteiger partial charge in [-0.15, -0.1) is 0 Å². The van der Waals surface area contributed by atoms with Crippen molar-refractivity contribution >= 4 is 32.6 Å². The maximum atomic E-state index is 12.5. The number of rotatable bonds is 5. The monoisotopic (exact) mass is 322 g/mol. The average Bonchev–Trinajstić information content (AvgIpc) is 2.76. The zero-order valence-electron chi connectivity index (χ0n) is 11.5. The van der Waals surface area contributed by atoms with Crippen LogP contribution in [0.3, 0.4) is 0 Å². The Morgan fingerprint density at radius 1 is 1.42 bits per heavy atom. The molecule has 1 atom stereocenters. The summed E-state index contributed by atoms with van der Waals surface area (Å²) in [4.78, 5) is 12.5. The minimum Gasteiger partial charge on any atom is -0.347 e. The second kappa shape index (κ2) is 5.88. The fourth-order valence-corrected chi connectivity index (χ4v) is 2.70. The number of likely N-dealkylation sites (N-methyl/N-ethyl adjacent to an activating group) is 1. The number of halogens is 1. The maximum Gasteiger partial charge on any atom is 0.181 e. The number of aromatic nitrogens is 1. The van der Waals surface area contributed by atoms with Crippen LogP contribution in [0.5, 0.6) is 0 Å². The number of nitrogens with zero attached hydrogens (tertiary/aromatic N) is 1. The lowest BCUT2D eigenvalue weighted by Crippen LogP contribution is -2.33. The molecule has 3 nitrogen and oxygen atoms in total. The Morgan fingerprint density at radius 3 is 2.79 bits per heavy atom. The van der Waals surface area contributed by atoms with Crippen molar-refractivity contribution in [3.8, 4) is 0 Å². The van der Waals surface area contributed by atoms with Crippen molar-refractivity contribution in [1.29, 1.82) is 0 Å². The third-order valence-electron chi connectivity index (χ3n) is 3.35. The van der Waals surface area contributed by atoms with Gasteiger partial charge in [0.15, 0.2) is 5.78 Å². The highest BCUT2D eigenvalue weighted by Crippen LogP contribution is 2.26. The minimum atomic E-state index is -0.149. The van der Waals surface area contributed by atoms with Gasteiger partial charge >= 0.3 is 0 Å². The molecule has 0 radical (unpaired) electrons. The molecule has 0 spiro atoms. The SMILES string of the molecule is CCNC(C)C(=O)c1cn(CC)c2cc(Br)ccc12. The summed E-state index contributed by atoms with van der Waals surface area (Å²) < 4.78 is 3.15. The molecule has 0 aliphatic carbocycles. The molecule has 0 amide bonds. The summed E-state index contributed by atoms with van der Waals surface area (Å²) in [5.74, 6) is 0.154. The van der Waals surface area contributed by atoms with E-state index in [2.05, 4.69) is 38.8 Å². The Hall–Kier alpha value is -1.13. The third kappa shape index (κ3) is 2.74. The molecule has 1 aromatic heterocycles. The second-order valence-electron chi connectivity index (χ2n) is 4.63. The van der Waals surface area contributed by atoms with Gasteiger partial charge in [-0.05, 0) is 32.5 Å². The van der Waals surface area contributed by atoms with Gasteiger partial charge in [0.05, 0.1) is 6.04 Å². The lowest BCUT2D eigenvalue weighted by Gasteiger charge is -2.10. The van der Waals surface area contributed by atoms with Crippen LogP contribution in [0.25, 0.3) is 10.9 Å². The number of fused-ring (bicyclic) bond motifs is 1. The van der Waals surface area contributed by atoms with E-state index in [-0.39, 0.29) is 11.8 Å². The van der Waals surface area contributed by atoms with E-state index in [4.69, 9.17) is 0 Å². The van der Waals surface area contributed by atoms with Crippen molar-refractivity contribution < 1.29 is 4.79 Å². The molecule has 0 aliphatic heterocycles. The average molecular weight is 323 g/mol. The van der Waals surface area contributed by atoms with Crippen LogP contribution < -0.4 is 5.32 Å². The number of ketones is 1. The summed E-state index contributed by atoms with van der Waals surface area (Å²) in [6.45, 7) is 7.67. The van der Waals surface area contributed by atoms with Crippen molar-refractivity contribution in [3.63, 3.8) is 0 Å². The summed E-state index contributed by atoms with van der Waals surface area (Å²) in [5, 5.41) is 4.21. The van der Waals surface area contributed by atoms with Crippen LogP contribution in [0.2, 0.25) is 0 Å². The number of aryl methyl sites for hydroxylation is 1. The fourth-order valence-electron chi connectivity index (χ4n) is 2.36. The molecule has 0 aliphatic rings. The largest absolute Gasteiger partial charge is 0.347 e. The first-order valence-corrected chi connectivity index (χ1v) is 7.43. The van der Waals surface area contributed by atoms with Crippen LogP contribution in [-0.4, -0.2) is 22.9 Å². The summed E-state index contributed by atoms with van der Waals surface area (Å²) in [5.41, 5.74) is 1.90.